The standard InChI is InChI=1S/C10H15NS/c1-7(2)6-9(11)10-8(3)4-5-12-10/h4-5,9H,1,6,11H2,2-3H3/t9-/m1/s1. The molecule has 0 fully saturated rings. The Morgan fingerprint density at radius 2 is 2.42 bits per heavy atom. The van der Waals surface area contributed by atoms with Crippen molar-refractivity contribution in [1.29, 1.82) is 0 Å². The summed E-state index contributed by atoms with van der Waals surface area (Å²) in [4.78, 5) is 1.29. The zero-order chi connectivity index (χ0) is 9.14. The Balaban J connectivity index is 2.71. The molecule has 0 radical (unpaired) electrons. The molecule has 2 N–H and O–H groups in total. The van der Waals surface area contributed by atoms with E-state index < -0.39 is 0 Å². The molecular weight excluding hydrogens is 166 g/mol. The Bertz CT molecular complexity index is 275. The molecule has 0 aliphatic heterocycles. The first-order chi connectivity index (χ1) is 5.61. The van der Waals surface area contributed by atoms with Crippen LogP contribution in [0.15, 0.2) is 23.6 Å². The van der Waals surface area contributed by atoms with Crippen LogP contribution < -0.4 is 5.73 Å². The van der Waals surface area contributed by atoms with Crippen LogP contribution in [0.3, 0.4) is 0 Å². The molecule has 0 saturated carbocycles. The van der Waals surface area contributed by atoms with Crippen molar-refractivity contribution in [2.75, 3.05) is 0 Å². The van der Waals surface area contributed by atoms with Gasteiger partial charge in [-0.05, 0) is 37.3 Å². The molecule has 0 saturated heterocycles. The summed E-state index contributed by atoms with van der Waals surface area (Å²) < 4.78 is 0. The minimum atomic E-state index is 0.141. The molecule has 1 atom stereocenters. The monoisotopic (exact) mass is 181 g/mol. The van der Waals surface area contributed by atoms with E-state index in [-0.39, 0.29) is 6.04 Å². The number of thiophene rings is 1. The number of hydrogen-bond donors (Lipinski definition) is 1. The SMILES string of the molecule is C=C(C)C[C@@H](N)c1sccc1C. The lowest BCUT2D eigenvalue weighted by molar-refractivity contribution is 0.727. The minimum absolute atomic E-state index is 0.141. The van der Waals surface area contributed by atoms with Gasteiger partial charge in [0, 0.05) is 10.9 Å². The fraction of sp³-hybridized carbons (Fsp3) is 0.400. The topological polar surface area (TPSA) is 26.0 Å². The van der Waals surface area contributed by atoms with Gasteiger partial charge >= 0.3 is 0 Å². The van der Waals surface area contributed by atoms with Crippen LogP contribution in [0.4, 0.5) is 0 Å². The summed E-state index contributed by atoms with van der Waals surface area (Å²) in [5, 5.41) is 2.09. The van der Waals surface area contributed by atoms with Gasteiger partial charge in [-0.1, -0.05) is 5.57 Å². The molecule has 12 heavy (non-hydrogen) atoms. The summed E-state index contributed by atoms with van der Waals surface area (Å²) in [6.45, 7) is 7.98. The van der Waals surface area contributed by atoms with Crippen LogP contribution in [0.25, 0.3) is 0 Å². The quantitative estimate of drug-likeness (QED) is 0.713. The van der Waals surface area contributed by atoms with Crippen molar-refractivity contribution in [2.24, 2.45) is 5.73 Å². The molecule has 0 amide bonds. The zero-order valence-corrected chi connectivity index (χ0v) is 8.45. The molecule has 66 valence electrons. The predicted molar refractivity (Wildman–Crippen MR) is 55.4 cm³/mol. The van der Waals surface area contributed by atoms with Gasteiger partial charge < -0.3 is 5.73 Å². The van der Waals surface area contributed by atoms with Gasteiger partial charge in [-0.15, -0.1) is 17.9 Å². The van der Waals surface area contributed by atoms with Crippen molar-refractivity contribution >= 4 is 11.3 Å². The number of nitrogens with two attached hydrogens (primary N) is 1. The first kappa shape index (κ1) is 9.49. The average Bonchev–Trinajstić information content (AvgIpc) is 2.33. The van der Waals surface area contributed by atoms with Gasteiger partial charge in [0.2, 0.25) is 0 Å². The predicted octanol–water partition coefficient (Wildman–Crippen LogP) is 3.02. The molecule has 1 rings (SSSR count). The first-order valence-electron chi connectivity index (χ1n) is 4.05. The smallest absolute Gasteiger partial charge is 0.0429 e. The van der Waals surface area contributed by atoms with E-state index in [9.17, 15) is 0 Å². The van der Waals surface area contributed by atoms with Gasteiger partial charge in [0.05, 0.1) is 0 Å². The van der Waals surface area contributed by atoms with Gasteiger partial charge in [-0.3, -0.25) is 0 Å². The van der Waals surface area contributed by atoms with E-state index in [0.717, 1.165) is 12.0 Å². The summed E-state index contributed by atoms with van der Waals surface area (Å²) in [7, 11) is 0. The van der Waals surface area contributed by atoms with E-state index in [1.807, 2.05) is 6.92 Å². The molecule has 0 aliphatic rings. The van der Waals surface area contributed by atoms with Gasteiger partial charge in [0.25, 0.3) is 0 Å². The third-order valence-corrected chi connectivity index (χ3v) is 2.96. The molecule has 0 bridgehead atoms. The molecule has 0 aliphatic carbocycles. The lowest BCUT2D eigenvalue weighted by Gasteiger charge is -2.10. The summed E-state index contributed by atoms with van der Waals surface area (Å²) in [5.74, 6) is 0. The Labute approximate surface area is 77.9 Å². The van der Waals surface area contributed by atoms with Gasteiger partial charge in [-0.2, -0.15) is 0 Å². The number of rotatable bonds is 3. The fourth-order valence-electron chi connectivity index (χ4n) is 1.23. The minimum Gasteiger partial charge on any atom is -0.323 e. The highest BCUT2D eigenvalue weighted by Gasteiger charge is 2.09. The summed E-state index contributed by atoms with van der Waals surface area (Å²) in [5.41, 5.74) is 8.44. The van der Waals surface area contributed by atoms with Crippen molar-refractivity contribution in [3.63, 3.8) is 0 Å². The highest BCUT2D eigenvalue weighted by atomic mass is 32.1. The summed E-state index contributed by atoms with van der Waals surface area (Å²) >= 11 is 1.73. The van der Waals surface area contributed by atoms with E-state index >= 15 is 0 Å². The molecule has 1 heterocycles. The van der Waals surface area contributed by atoms with E-state index in [0.29, 0.717) is 0 Å². The fourth-order valence-corrected chi connectivity index (χ4v) is 2.16. The Morgan fingerprint density at radius 1 is 1.75 bits per heavy atom. The zero-order valence-electron chi connectivity index (χ0n) is 7.63. The number of aryl methyl sites for hydroxylation is 1. The molecule has 2 heteroatoms. The normalized spacial score (nSPS) is 12.9. The van der Waals surface area contributed by atoms with Crippen LogP contribution in [0.2, 0.25) is 0 Å². The van der Waals surface area contributed by atoms with Crippen LogP contribution in [0.5, 0.6) is 0 Å². The Morgan fingerprint density at radius 3 is 2.83 bits per heavy atom. The Hall–Kier alpha value is -0.600. The van der Waals surface area contributed by atoms with Gasteiger partial charge in [0.1, 0.15) is 0 Å². The largest absolute Gasteiger partial charge is 0.323 e. The molecular formula is C10H15NS. The van der Waals surface area contributed by atoms with Crippen molar-refractivity contribution in [3.05, 3.63) is 34.0 Å². The highest BCUT2D eigenvalue weighted by molar-refractivity contribution is 7.10. The van der Waals surface area contributed by atoms with E-state index in [4.69, 9.17) is 5.73 Å². The highest BCUT2D eigenvalue weighted by Crippen LogP contribution is 2.25. The second kappa shape index (κ2) is 3.87. The number of hydrogen-bond acceptors (Lipinski definition) is 2. The maximum absolute atomic E-state index is 5.99. The van der Waals surface area contributed by atoms with Crippen LogP contribution in [0, 0.1) is 6.92 Å². The van der Waals surface area contributed by atoms with E-state index in [1.165, 1.54) is 10.4 Å². The van der Waals surface area contributed by atoms with Crippen molar-refractivity contribution < 1.29 is 0 Å². The van der Waals surface area contributed by atoms with Crippen LogP contribution in [-0.2, 0) is 0 Å². The van der Waals surface area contributed by atoms with Crippen LogP contribution in [-0.4, -0.2) is 0 Å². The summed E-state index contributed by atoms with van der Waals surface area (Å²) in [6.07, 6.45) is 0.890. The maximum Gasteiger partial charge on any atom is 0.0429 e. The lowest BCUT2D eigenvalue weighted by atomic mass is 10.1. The Kier molecular flexibility index (Phi) is 3.06. The van der Waals surface area contributed by atoms with Crippen LogP contribution in [0.1, 0.15) is 29.8 Å². The second-order valence-corrected chi connectivity index (χ2v) is 4.18. The van der Waals surface area contributed by atoms with Gasteiger partial charge in [-0.25, -0.2) is 0 Å². The molecule has 1 aromatic rings. The third-order valence-electron chi connectivity index (χ3n) is 1.81. The van der Waals surface area contributed by atoms with E-state index in [2.05, 4.69) is 24.9 Å². The van der Waals surface area contributed by atoms with Gasteiger partial charge in [0.15, 0.2) is 0 Å². The first-order valence-corrected chi connectivity index (χ1v) is 4.93. The van der Waals surface area contributed by atoms with Crippen LogP contribution >= 0.6 is 11.3 Å². The molecule has 0 unspecified atom stereocenters. The molecule has 0 aromatic carbocycles. The average molecular weight is 181 g/mol. The molecule has 1 nitrogen and oxygen atoms in total. The maximum atomic E-state index is 5.99. The van der Waals surface area contributed by atoms with Crippen molar-refractivity contribution in [3.8, 4) is 0 Å². The third kappa shape index (κ3) is 2.19. The molecule has 0 spiro atoms. The lowest BCUT2D eigenvalue weighted by Crippen LogP contribution is -2.09. The second-order valence-electron chi connectivity index (χ2n) is 3.24. The van der Waals surface area contributed by atoms with Crippen molar-refractivity contribution in [1.82, 2.24) is 0 Å². The van der Waals surface area contributed by atoms with E-state index in [1.54, 1.807) is 11.3 Å². The molecule has 1 aromatic heterocycles. The van der Waals surface area contributed by atoms with Crippen molar-refractivity contribution in [2.45, 2.75) is 26.3 Å². The summed E-state index contributed by atoms with van der Waals surface area (Å²) in [6, 6.07) is 2.25.